The van der Waals surface area contributed by atoms with Gasteiger partial charge in [0.1, 0.15) is 0 Å². The summed E-state index contributed by atoms with van der Waals surface area (Å²) in [6.45, 7) is 2.43. The van der Waals surface area contributed by atoms with Gasteiger partial charge in [0.25, 0.3) is 0 Å². The maximum Gasteiger partial charge on any atom is 0.204 e. The number of nitrogens with zero attached hydrogens (tertiary/aromatic N) is 4. The lowest BCUT2D eigenvalue weighted by atomic mass is 10.2. The van der Waals surface area contributed by atoms with Crippen LogP contribution in [-0.2, 0) is 32.1 Å². The first-order valence-electron chi connectivity index (χ1n) is 22.8. The van der Waals surface area contributed by atoms with Crippen LogP contribution in [0.2, 0.25) is 45.5 Å². The number of rotatable bonds is 10. The fourth-order valence-electron chi connectivity index (χ4n) is 7.01. The molecule has 0 aliphatic heterocycles. The smallest absolute Gasteiger partial charge is 0.204 e. The van der Waals surface area contributed by atoms with Crippen LogP contribution < -0.4 is 16.4 Å². The summed E-state index contributed by atoms with van der Waals surface area (Å²) in [5.74, 6) is 2.10. The molecule has 0 aliphatic carbocycles. The number of nitrogens with one attached hydrogen (secondary N) is 4. The van der Waals surface area contributed by atoms with E-state index in [1.165, 1.54) is 0 Å². The van der Waals surface area contributed by atoms with Crippen LogP contribution in [0.1, 0.15) is 27.8 Å². The molecule has 3 heterocycles. The molecule has 11 aromatic rings. The first-order chi connectivity index (χ1) is 36.2. The van der Waals surface area contributed by atoms with E-state index in [2.05, 4.69) is 41.2 Å². The van der Waals surface area contributed by atoms with Gasteiger partial charge < -0.3 is 30.9 Å². The van der Waals surface area contributed by atoms with Gasteiger partial charge in [0.05, 0.1) is 69.8 Å². The molecule has 3 aromatic heterocycles. The van der Waals surface area contributed by atoms with Crippen molar-refractivity contribution in [1.82, 2.24) is 29.5 Å². The maximum absolute atomic E-state index is 6.12. The molecule has 0 amide bonds. The van der Waals surface area contributed by atoms with E-state index in [0.29, 0.717) is 67.5 Å². The highest BCUT2D eigenvalue weighted by atomic mass is 35.5. The minimum atomic E-state index is 0.446. The molecular formula is C56H45Cl10N9. The number of alkyl halides is 1. The van der Waals surface area contributed by atoms with Crippen molar-refractivity contribution in [3.8, 4) is 0 Å². The van der Waals surface area contributed by atoms with Crippen LogP contribution in [0.3, 0.4) is 0 Å². The Morgan fingerprint density at radius 3 is 1.40 bits per heavy atom. The molecule has 6 N–H and O–H groups in total. The number of fused-ring (bicyclic) bond motifs is 3. The molecule has 0 aliphatic rings. The third kappa shape index (κ3) is 17.3. The van der Waals surface area contributed by atoms with Crippen LogP contribution >= 0.6 is 116 Å². The number of hydrogen-bond acceptors (Lipinski definition) is 6. The highest BCUT2D eigenvalue weighted by Gasteiger charge is 2.12. The number of imidazole rings is 3. The van der Waals surface area contributed by atoms with Crippen molar-refractivity contribution in [2.75, 3.05) is 10.6 Å². The van der Waals surface area contributed by atoms with Gasteiger partial charge in [0, 0.05) is 35.6 Å². The van der Waals surface area contributed by atoms with Gasteiger partial charge >= 0.3 is 0 Å². The van der Waals surface area contributed by atoms with Gasteiger partial charge in [-0.2, -0.15) is 0 Å². The number of aromatic nitrogens is 6. The Hall–Kier alpha value is -5.37. The van der Waals surface area contributed by atoms with Gasteiger partial charge in [0.2, 0.25) is 17.2 Å². The first kappa shape index (κ1) is 57.3. The summed E-state index contributed by atoms with van der Waals surface area (Å²) in [5, 5.41) is 11.9. The van der Waals surface area contributed by atoms with E-state index < -0.39 is 0 Å². The molecule has 0 radical (unpaired) electrons. The van der Waals surface area contributed by atoms with E-state index in [0.717, 1.165) is 82.9 Å². The van der Waals surface area contributed by atoms with E-state index in [9.17, 15) is 0 Å². The van der Waals surface area contributed by atoms with Crippen molar-refractivity contribution in [1.29, 1.82) is 0 Å². The van der Waals surface area contributed by atoms with Crippen LogP contribution in [0.4, 0.5) is 11.9 Å². The Balaban J connectivity index is 0.000000148. The van der Waals surface area contributed by atoms with Crippen molar-refractivity contribution >= 4 is 161 Å². The molecule has 75 heavy (non-hydrogen) atoms. The van der Waals surface area contributed by atoms with Crippen molar-refractivity contribution in [2.45, 2.75) is 32.1 Å². The lowest BCUT2D eigenvalue weighted by molar-refractivity contribution is 0.822. The van der Waals surface area contributed by atoms with E-state index in [1.54, 1.807) is 24.3 Å². The predicted molar refractivity (Wildman–Crippen MR) is 320 cm³/mol. The Morgan fingerprint density at radius 2 is 0.880 bits per heavy atom. The molecule has 9 nitrogen and oxygen atoms in total. The van der Waals surface area contributed by atoms with E-state index in [4.69, 9.17) is 127 Å². The van der Waals surface area contributed by atoms with E-state index >= 15 is 0 Å². The average Bonchev–Trinajstić information content (AvgIpc) is 4.13. The number of anilines is 2. The first-order valence-corrected chi connectivity index (χ1v) is 26.7. The number of hydrogen-bond donors (Lipinski definition) is 5. The molecule has 0 unspecified atom stereocenters. The lowest BCUT2D eigenvalue weighted by Gasteiger charge is -2.12. The summed E-state index contributed by atoms with van der Waals surface area (Å²) >= 11 is 58.1. The second-order valence-corrected chi connectivity index (χ2v) is 20.1. The molecule has 0 fully saturated rings. The van der Waals surface area contributed by atoms with Crippen LogP contribution in [0.15, 0.2) is 176 Å². The average molecular weight is 1200 g/mol. The highest BCUT2D eigenvalue weighted by molar-refractivity contribution is 6.43. The number of nitrogens with two attached hydrogens (primary N) is 1. The van der Waals surface area contributed by atoms with Crippen molar-refractivity contribution in [3.05, 3.63) is 249 Å². The standard InChI is InChI=1S/C21H16Cl3N3.C14H11Cl2N3.C7H7Cl2N.C7H6Cl2.C7H5ClN2/c22-16-8-5-14(6-9-16)13-27-20-4-2-1-3-19(20)26-21(27)25-12-15-7-10-17(23)18(24)11-15;15-10-6-5-9(7-11(10)16)8-17-14-18-12-3-1-2-4-13(12)19-14;8-6-2-1-5(4-10)3-7(6)9;8-5-6-1-3-7(9)4-2-6;8-7-9-5-3-1-2-4-6(5)10-7/h1-11H,12-13H2,(H,25,26);1-7H,8H2,(H2,17,18,19);1-3H,4,10H2;1-4H,5H2;1-4H,(H,9,10). The zero-order valence-corrected chi connectivity index (χ0v) is 47.0. The van der Waals surface area contributed by atoms with Gasteiger partial charge in [-0.1, -0.05) is 172 Å². The van der Waals surface area contributed by atoms with Gasteiger partial charge in [-0.3, -0.25) is 0 Å². The van der Waals surface area contributed by atoms with E-state index in [1.807, 2.05) is 146 Å². The quantitative estimate of drug-likeness (QED) is 0.0869. The van der Waals surface area contributed by atoms with Gasteiger partial charge in [-0.05, 0) is 136 Å². The zero-order chi connectivity index (χ0) is 53.3. The van der Waals surface area contributed by atoms with Crippen molar-refractivity contribution in [3.63, 3.8) is 0 Å². The molecule has 19 heteroatoms. The third-order valence-corrected chi connectivity index (χ3v) is 14.0. The SMILES string of the molecule is ClCc1ccc(Cl)cc1.Clc1ccc(CNc2nc3ccccc3[nH]2)cc1Cl.Clc1ccc(Cn2c(NCc3ccc(Cl)c(Cl)c3)nc3ccccc32)cc1.Clc1nc2ccccc2[nH]1.NCc1ccc(Cl)c(Cl)c1. The van der Waals surface area contributed by atoms with Gasteiger partial charge in [-0.25, -0.2) is 15.0 Å². The number of aromatic amines is 2. The summed E-state index contributed by atoms with van der Waals surface area (Å²) in [4.78, 5) is 19.3. The lowest BCUT2D eigenvalue weighted by Crippen LogP contribution is -2.08. The number of para-hydroxylation sites is 6. The summed E-state index contributed by atoms with van der Waals surface area (Å²) in [5.41, 5.74) is 16.6. The van der Waals surface area contributed by atoms with Crippen LogP contribution in [0, 0.1) is 0 Å². The number of halogens is 10. The predicted octanol–water partition coefficient (Wildman–Crippen LogP) is 18.9. The fraction of sp³-hybridized carbons (Fsp3) is 0.0893. The Morgan fingerprint density at radius 1 is 0.427 bits per heavy atom. The monoisotopic (exact) mass is 1190 g/mol. The van der Waals surface area contributed by atoms with E-state index in [-0.39, 0.29) is 0 Å². The van der Waals surface area contributed by atoms with Crippen LogP contribution in [0.5, 0.6) is 0 Å². The summed E-state index contributed by atoms with van der Waals surface area (Å²) in [6, 6.07) is 55.6. The highest BCUT2D eigenvalue weighted by Crippen LogP contribution is 2.27. The molecule has 0 saturated carbocycles. The minimum absolute atomic E-state index is 0.446. The Labute approximate surface area is 484 Å². The maximum atomic E-state index is 6.12. The molecular weight excluding hydrogens is 1150 g/mol. The molecule has 11 rings (SSSR count). The molecule has 0 saturated heterocycles. The van der Waals surface area contributed by atoms with Crippen molar-refractivity contribution < 1.29 is 0 Å². The fourth-order valence-corrected chi connectivity index (χ4v) is 8.59. The number of H-pyrrole nitrogens is 2. The molecule has 8 aromatic carbocycles. The molecule has 0 atom stereocenters. The second-order valence-electron chi connectivity index (χ2n) is 16.2. The summed E-state index contributed by atoms with van der Waals surface area (Å²) < 4.78 is 2.16. The van der Waals surface area contributed by atoms with Gasteiger partial charge in [0.15, 0.2) is 0 Å². The Bertz CT molecular complexity index is 3520. The Kier molecular flexibility index (Phi) is 21.9. The normalized spacial score (nSPS) is 10.6. The molecule has 384 valence electrons. The third-order valence-electron chi connectivity index (χ3n) is 10.8. The van der Waals surface area contributed by atoms with Crippen molar-refractivity contribution in [2.24, 2.45) is 5.73 Å². The summed E-state index contributed by atoms with van der Waals surface area (Å²) in [6.07, 6.45) is 0. The largest absolute Gasteiger partial charge is 0.352 e. The topological polar surface area (TPSA) is 125 Å². The second kappa shape index (κ2) is 28.7. The summed E-state index contributed by atoms with van der Waals surface area (Å²) in [7, 11) is 0. The molecule has 0 bridgehead atoms. The number of benzene rings is 8. The molecule has 0 spiro atoms. The van der Waals surface area contributed by atoms with Crippen LogP contribution in [-0.4, -0.2) is 29.5 Å². The zero-order valence-electron chi connectivity index (χ0n) is 39.4. The minimum Gasteiger partial charge on any atom is -0.352 e. The van der Waals surface area contributed by atoms with Gasteiger partial charge in [-0.15, -0.1) is 11.6 Å². The van der Waals surface area contributed by atoms with Crippen LogP contribution in [0.25, 0.3) is 33.1 Å².